The van der Waals surface area contributed by atoms with Gasteiger partial charge in [-0.15, -0.1) is 0 Å². The van der Waals surface area contributed by atoms with Crippen LogP contribution >= 0.6 is 0 Å². The molecule has 2 aromatic rings. The highest BCUT2D eigenvalue weighted by molar-refractivity contribution is 5.97. The van der Waals surface area contributed by atoms with Crippen LogP contribution in [0.3, 0.4) is 0 Å². The molecule has 0 radical (unpaired) electrons. The van der Waals surface area contributed by atoms with Crippen molar-refractivity contribution in [1.82, 2.24) is 4.90 Å². The number of likely N-dealkylation sites (N-methyl/N-ethyl adjacent to an activating group) is 1. The van der Waals surface area contributed by atoms with E-state index in [9.17, 15) is 9.90 Å². The fraction of sp³-hybridized carbons (Fsp3) is 0.350. The Labute approximate surface area is 147 Å². The molecular formula is C20H23NO4. The summed E-state index contributed by atoms with van der Waals surface area (Å²) in [5, 5.41) is 10.7. The van der Waals surface area contributed by atoms with Crippen LogP contribution in [0, 0.1) is 0 Å². The number of amides is 1. The van der Waals surface area contributed by atoms with E-state index in [4.69, 9.17) is 9.47 Å². The number of ether oxygens (including phenoxy) is 2. The number of aliphatic hydroxyl groups is 1. The second kappa shape index (κ2) is 7.57. The summed E-state index contributed by atoms with van der Waals surface area (Å²) < 4.78 is 11.2. The van der Waals surface area contributed by atoms with Gasteiger partial charge < -0.3 is 19.5 Å². The fourth-order valence-corrected chi connectivity index (χ4v) is 3.31. The minimum Gasteiger partial charge on any atom is -0.496 e. The maximum atomic E-state index is 12.8. The molecule has 1 fully saturated rings. The summed E-state index contributed by atoms with van der Waals surface area (Å²) in [6.45, 7) is 0. The molecule has 0 saturated heterocycles. The van der Waals surface area contributed by atoms with Gasteiger partial charge in [-0.3, -0.25) is 4.79 Å². The Kier molecular flexibility index (Phi) is 5.24. The molecule has 2 aromatic carbocycles. The second-order valence-corrected chi connectivity index (χ2v) is 6.22. The van der Waals surface area contributed by atoms with Crippen LogP contribution in [0.1, 0.15) is 23.2 Å². The predicted molar refractivity (Wildman–Crippen MR) is 95.0 cm³/mol. The predicted octanol–water partition coefficient (Wildman–Crippen LogP) is 2.74. The lowest BCUT2D eigenvalue weighted by Crippen LogP contribution is -2.45. The van der Waals surface area contributed by atoms with Gasteiger partial charge in [0.25, 0.3) is 5.91 Å². The Morgan fingerprint density at radius 1 is 1.08 bits per heavy atom. The first-order valence-corrected chi connectivity index (χ1v) is 8.41. The number of methoxy groups -OCH3 is 1. The van der Waals surface area contributed by atoms with E-state index in [1.807, 2.05) is 36.4 Å². The maximum absolute atomic E-state index is 12.8. The number of rotatable bonds is 5. The number of hydrogen-bond acceptors (Lipinski definition) is 4. The largest absolute Gasteiger partial charge is 0.496 e. The van der Waals surface area contributed by atoms with Crippen LogP contribution < -0.4 is 9.47 Å². The monoisotopic (exact) mass is 341 g/mol. The zero-order chi connectivity index (χ0) is 17.8. The molecule has 1 saturated carbocycles. The Morgan fingerprint density at radius 3 is 2.48 bits per heavy atom. The highest BCUT2D eigenvalue weighted by Crippen LogP contribution is 2.30. The molecule has 0 bridgehead atoms. The molecule has 1 amide bonds. The molecule has 3 atom stereocenters. The number of hydrogen-bond donors (Lipinski definition) is 1. The molecule has 0 aliphatic heterocycles. The minimum absolute atomic E-state index is 0.165. The molecule has 1 N–H and O–H groups in total. The summed E-state index contributed by atoms with van der Waals surface area (Å²) in [5.74, 6) is 1.09. The average molecular weight is 341 g/mol. The van der Waals surface area contributed by atoms with Gasteiger partial charge in [0.1, 0.15) is 23.7 Å². The van der Waals surface area contributed by atoms with Crippen LogP contribution in [0.2, 0.25) is 0 Å². The Balaban J connectivity index is 1.70. The lowest BCUT2D eigenvalue weighted by atomic mass is 10.1. The van der Waals surface area contributed by atoms with Crippen LogP contribution in [-0.4, -0.2) is 48.3 Å². The highest BCUT2D eigenvalue weighted by atomic mass is 16.5. The normalized spacial score (nSPS) is 22.4. The average Bonchev–Trinajstić information content (AvgIpc) is 3.01. The zero-order valence-electron chi connectivity index (χ0n) is 14.5. The smallest absolute Gasteiger partial charge is 0.257 e. The first-order chi connectivity index (χ1) is 12.1. The van der Waals surface area contributed by atoms with Crippen molar-refractivity contribution >= 4 is 5.91 Å². The second-order valence-electron chi connectivity index (χ2n) is 6.22. The van der Waals surface area contributed by atoms with Crippen molar-refractivity contribution < 1.29 is 19.4 Å². The van der Waals surface area contributed by atoms with Gasteiger partial charge in [0.2, 0.25) is 0 Å². The molecular weight excluding hydrogens is 318 g/mol. The van der Waals surface area contributed by atoms with Crippen LogP contribution in [0.15, 0.2) is 54.6 Å². The van der Waals surface area contributed by atoms with Crippen molar-refractivity contribution in [3.63, 3.8) is 0 Å². The summed E-state index contributed by atoms with van der Waals surface area (Å²) >= 11 is 0. The first-order valence-electron chi connectivity index (χ1n) is 8.41. The first kappa shape index (κ1) is 17.3. The molecule has 25 heavy (non-hydrogen) atoms. The van der Waals surface area contributed by atoms with Crippen molar-refractivity contribution in [2.24, 2.45) is 0 Å². The molecule has 0 heterocycles. The van der Waals surface area contributed by atoms with Crippen molar-refractivity contribution in [2.45, 2.75) is 31.1 Å². The number of nitrogens with zero attached hydrogens (tertiary/aromatic N) is 1. The number of aliphatic hydroxyl groups excluding tert-OH is 1. The summed E-state index contributed by atoms with van der Waals surface area (Å²) in [7, 11) is 3.26. The third-order valence-electron chi connectivity index (χ3n) is 4.71. The summed E-state index contributed by atoms with van der Waals surface area (Å²) in [5.41, 5.74) is 0.493. The fourth-order valence-electron chi connectivity index (χ4n) is 3.31. The van der Waals surface area contributed by atoms with E-state index in [1.54, 1.807) is 37.3 Å². The Morgan fingerprint density at radius 2 is 1.76 bits per heavy atom. The molecule has 0 spiro atoms. The standard InChI is InChI=1S/C20H23NO4/c1-21(20(23)15-10-6-7-11-17(15)24-2)16-12-13-18(19(16)22)25-14-8-4-3-5-9-14/h3-11,16,18-19,22H,12-13H2,1-2H3/t16-,18+,19+/m1/s1. The van der Waals surface area contributed by atoms with E-state index in [-0.39, 0.29) is 18.1 Å². The lowest BCUT2D eigenvalue weighted by molar-refractivity contribution is 0.0165. The van der Waals surface area contributed by atoms with E-state index in [2.05, 4.69) is 0 Å². The van der Waals surface area contributed by atoms with Gasteiger partial charge in [-0.25, -0.2) is 0 Å². The number of carbonyl (C=O) groups is 1. The van der Waals surface area contributed by atoms with E-state index < -0.39 is 6.10 Å². The molecule has 1 aliphatic rings. The van der Waals surface area contributed by atoms with Gasteiger partial charge in [0.05, 0.1) is 18.7 Å². The summed E-state index contributed by atoms with van der Waals surface area (Å²) in [4.78, 5) is 14.4. The quantitative estimate of drug-likeness (QED) is 0.908. The molecule has 3 rings (SSSR count). The van der Waals surface area contributed by atoms with Crippen molar-refractivity contribution in [2.75, 3.05) is 14.2 Å². The van der Waals surface area contributed by atoms with Gasteiger partial charge in [-0.05, 0) is 37.1 Å². The van der Waals surface area contributed by atoms with E-state index in [0.717, 1.165) is 5.75 Å². The van der Waals surface area contributed by atoms with Crippen LogP contribution in [0.4, 0.5) is 0 Å². The highest BCUT2D eigenvalue weighted by Gasteiger charge is 2.40. The van der Waals surface area contributed by atoms with Gasteiger partial charge in [0, 0.05) is 7.05 Å². The van der Waals surface area contributed by atoms with Gasteiger partial charge >= 0.3 is 0 Å². The van der Waals surface area contributed by atoms with Gasteiger partial charge in [0.15, 0.2) is 0 Å². The number of para-hydroxylation sites is 2. The molecule has 5 heteroatoms. The SMILES string of the molecule is COc1ccccc1C(=O)N(C)[C@@H]1CC[C@H](Oc2ccccc2)[C@H]1O. The van der Waals surface area contributed by atoms with Crippen LogP contribution in [0.25, 0.3) is 0 Å². The zero-order valence-corrected chi connectivity index (χ0v) is 14.5. The third kappa shape index (κ3) is 3.61. The summed E-state index contributed by atoms with van der Waals surface area (Å²) in [6.07, 6.45) is 0.338. The van der Waals surface area contributed by atoms with Gasteiger partial charge in [-0.2, -0.15) is 0 Å². The van der Waals surface area contributed by atoms with E-state index in [0.29, 0.717) is 24.2 Å². The van der Waals surface area contributed by atoms with Crippen molar-refractivity contribution in [1.29, 1.82) is 0 Å². The van der Waals surface area contributed by atoms with Crippen LogP contribution in [-0.2, 0) is 0 Å². The van der Waals surface area contributed by atoms with Crippen molar-refractivity contribution in [3.05, 3.63) is 60.2 Å². The van der Waals surface area contributed by atoms with Crippen LogP contribution in [0.5, 0.6) is 11.5 Å². The molecule has 0 aromatic heterocycles. The van der Waals surface area contributed by atoms with Gasteiger partial charge in [-0.1, -0.05) is 30.3 Å². The number of benzene rings is 2. The summed E-state index contributed by atoms with van der Waals surface area (Å²) in [6, 6.07) is 16.3. The van der Waals surface area contributed by atoms with E-state index in [1.165, 1.54) is 0 Å². The number of carbonyl (C=O) groups excluding carboxylic acids is 1. The maximum Gasteiger partial charge on any atom is 0.257 e. The third-order valence-corrected chi connectivity index (χ3v) is 4.71. The molecule has 132 valence electrons. The Bertz CT molecular complexity index is 719. The molecule has 0 unspecified atom stereocenters. The van der Waals surface area contributed by atoms with E-state index >= 15 is 0 Å². The Hall–Kier alpha value is -2.53. The molecule has 1 aliphatic carbocycles. The lowest BCUT2D eigenvalue weighted by Gasteiger charge is -2.29. The van der Waals surface area contributed by atoms with Crippen molar-refractivity contribution in [3.8, 4) is 11.5 Å². The minimum atomic E-state index is -0.733. The molecule has 5 nitrogen and oxygen atoms in total. The topological polar surface area (TPSA) is 59.0 Å².